The number of hydrogen-bond donors (Lipinski definition) is 1. The van der Waals surface area contributed by atoms with Crippen molar-refractivity contribution in [2.75, 3.05) is 7.05 Å². The van der Waals surface area contributed by atoms with E-state index in [0.717, 1.165) is 5.76 Å². The van der Waals surface area contributed by atoms with Crippen LogP contribution in [0.4, 0.5) is 13.2 Å². The molecule has 0 saturated heterocycles. The Hall–Kier alpha value is -1.34. The number of thiazole rings is 1. The van der Waals surface area contributed by atoms with E-state index in [1.165, 1.54) is 6.20 Å². The number of nitrogens with zero attached hydrogens (tertiary/aromatic N) is 1. The molecule has 19 heavy (non-hydrogen) atoms. The Balaban J connectivity index is 2.03. The molecule has 1 N–H and O–H groups in total. The second-order valence-electron chi connectivity index (χ2n) is 4.02. The third-order valence-electron chi connectivity index (χ3n) is 2.72. The van der Waals surface area contributed by atoms with Gasteiger partial charge in [0.05, 0.1) is 6.26 Å². The van der Waals surface area contributed by atoms with Gasteiger partial charge < -0.3 is 9.73 Å². The van der Waals surface area contributed by atoms with Crippen LogP contribution in [0, 0.1) is 0 Å². The summed E-state index contributed by atoms with van der Waals surface area (Å²) < 4.78 is 42.7. The molecule has 0 saturated carbocycles. The fourth-order valence-corrected chi connectivity index (χ4v) is 2.68. The van der Waals surface area contributed by atoms with Gasteiger partial charge in [0.25, 0.3) is 0 Å². The van der Waals surface area contributed by atoms with Crippen molar-refractivity contribution in [2.45, 2.75) is 25.1 Å². The Labute approximate surface area is 112 Å². The summed E-state index contributed by atoms with van der Waals surface area (Å²) in [7, 11) is 1.72. The molecule has 3 nitrogen and oxygen atoms in total. The van der Waals surface area contributed by atoms with Crippen molar-refractivity contribution in [3.8, 4) is 0 Å². The molecule has 104 valence electrons. The number of hydrogen-bond acceptors (Lipinski definition) is 4. The third-order valence-corrected chi connectivity index (χ3v) is 3.87. The molecule has 1 atom stereocenters. The highest BCUT2D eigenvalue weighted by atomic mass is 32.1. The van der Waals surface area contributed by atoms with E-state index >= 15 is 0 Å². The monoisotopic (exact) mass is 290 g/mol. The Kier molecular flexibility index (Phi) is 4.26. The van der Waals surface area contributed by atoms with Gasteiger partial charge in [-0.25, -0.2) is 4.98 Å². The quantitative estimate of drug-likeness (QED) is 0.913. The minimum atomic E-state index is -4.37. The largest absolute Gasteiger partial charge is 0.469 e. The summed E-state index contributed by atoms with van der Waals surface area (Å²) in [5, 5.41) is 2.20. The first-order chi connectivity index (χ1) is 9.00. The zero-order valence-corrected chi connectivity index (χ0v) is 11.0. The summed E-state index contributed by atoms with van der Waals surface area (Å²) in [5.74, 6) is 0.820. The lowest BCUT2D eigenvalue weighted by atomic mass is 10.1. The van der Waals surface area contributed by atoms with Crippen LogP contribution in [-0.4, -0.2) is 12.0 Å². The Morgan fingerprint density at radius 1 is 1.47 bits per heavy atom. The van der Waals surface area contributed by atoms with E-state index in [1.807, 2.05) is 6.07 Å². The van der Waals surface area contributed by atoms with E-state index in [9.17, 15) is 13.2 Å². The van der Waals surface area contributed by atoms with Gasteiger partial charge >= 0.3 is 6.18 Å². The highest BCUT2D eigenvalue weighted by molar-refractivity contribution is 7.11. The SMILES string of the molecule is CNC(CCc1ccco1)c1cnc(C(F)(F)F)s1. The molecule has 0 bridgehead atoms. The van der Waals surface area contributed by atoms with Crippen molar-refractivity contribution in [1.82, 2.24) is 10.3 Å². The highest BCUT2D eigenvalue weighted by Gasteiger charge is 2.35. The topological polar surface area (TPSA) is 38.1 Å². The summed E-state index contributed by atoms with van der Waals surface area (Å²) in [4.78, 5) is 4.02. The van der Waals surface area contributed by atoms with Gasteiger partial charge in [0.15, 0.2) is 5.01 Å². The zero-order chi connectivity index (χ0) is 13.9. The van der Waals surface area contributed by atoms with Crippen molar-refractivity contribution < 1.29 is 17.6 Å². The number of rotatable bonds is 5. The molecule has 0 aromatic carbocycles. The van der Waals surface area contributed by atoms with Crippen molar-refractivity contribution in [1.29, 1.82) is 0 Å². The summed E-state index contributed by atoms with van der Waals surface area (Å²) in [6.07, 6.45) is -0.182. The summed E-state index contributed by atoms with van der Waals surface area (Å²) >= 11 is 0.680. The van der Waals surface area contributed by atoms with Gasteiger partial charge in [0.2, 0.25) is 0 Å². The average molecular weight is 290 g/mol. The van der Waals surface area contributed by atoms with Crippen LogP contribution < -0.4 is 5.32 Å². The molecule has 0 aliphatic heterocycles. The van der Waals surface area contributed by atoms with Crippen LogP contribution in [0.2, 0.25) is 0 Å². The Bertz CT molecular complexity index is 507. The molecule has 1 unspecified atom stereocenters. The molecule has 2 aromatic heterocycles. The van der Waals surface area contributed by atoms with E-state index < -0.39 is 11.2 Å². The molecule has 0 amide bonds. The Morgan fingerprint density at radius 3 is 2.79 bits per heavy atom. The van der Waals surface area contributed by atoms with Crippen LogP contribution >= 0.6 is 11.3 Å². The van der Waals surface area contributed by atoms with E-state index in [0.29, 0.717) is 29.1 Å². The minimum absolute atomic E-state index is 0.154. The number of aromatic nitrogens is 1. The number of halogens is 3. The molecule has 0 radical (unpaired) electrons. The van der Waals surface area contributed by atoms with Crippen molar-refractivity contribution in [2.24, 2.45) is 0 Å². The molecule has 0 aliphatic rings. The number of nitrogens with one attached hydrogen (secondary N) is 1. The van der Waals surface area contributed by atoms with Gasteiger partial charge in [0, 0.05) is 23.5 Å². The molecule has 7 heteroatoms. The molecular weight excluding hydrogens is 277 g/mol. The normalized spacial score (nSPS) is 13.7. The van der Waals surface area contributed by atoms with Gasteiger partial charge in [-0.15, -0.1) is 11.3 Å². The van der Waals surface area contributed by atoms with Crippen LogP contribution in [0.15, 0.2) is 29.0 Å². The smallest absolute Gasteiger partial charge is 0.443 e. The second kappa shape index (κ2) is 5.75. The first-order valence-corrected chi connectivity index (χ1v) is 6.55. The van der Waals surface area contributed by atoms with Crippen LogP contribution in [0.1, 0.15) is 28.1 Å². The highest BCUT2D eigenvalue weighted by Crippen LogP contribution is 2.35. The lowest BCUT2D eigenvalue weighted by Gasteiger charge is -2.12. The summed E-state index contributed by atoms with van der Waals surface area (Å²) in [6, 6.07) is 3.48. The molecule has 0 spiro atoms. The van der Waals surface area contributed by atoms with Crippen molar-refractivity contribution in [3.05, 3.63) is 40.2 Å². The maximum absolute atomic E-state index is 12.5. The first-order valence-electron chi connectivity index (χ1n) is 5.73. The first kappa shape index (κ1) is 14.1. The fourth-order valence-electron chi connectivity index (χ4n) is 1.75. The minimum Gasteiger partial charge on any atom is -0.469 e. The van der Waals surface area contributed by atoms with Crippen LogP contribution in [0.25, 0.3) is 0 Å². The van der Waals surface area contributed by atoms with E-state index in [1.54, 1.807) is 19.4 Å². The molecule has 0 fully saturated rings. The van der Waals surface area contributed by atoms with Gasteiger partial charge in [-0.1, -0.05) is 0 Å². The molecule has 2 aromatic rings. The van der Waals surface area contributed by atoms with Gasteiger partial charge in [-0.2, -0.15) is 13.2 Å². The maximum atomic E-state index is 12.5. The predicted molar refractivity (Wildman–Crippen MR) is 65.9 cm³/mol. The van der Waals surface area contributed by atoms with Gasteiger partial charge in [-0.05, 0) is 25.6 Å². The predicted octanol–water partition coefficient (Wildman–Crippen LogP) is 3.65. The molecular formula is C12H13F3N2OS. The van der Waals surface area contributed by atoms with Crippen molar-refractivity contribution in [3.63, 3.8) is 0 Å². The van der Waals surface area contributed by atoms with E-state index in [-0.39, 0.29) is 6.04 Å². The fraction of sp³-hybridized carbons (Fsp3) is 0.417. The second-order valence-corrected chi connectivity index (χ2v) is 5.09. The number of alkyl halides is 3. The molecule has 2 rings (SSSR count). The summed E-state index contributed by atoms with van der Waals surface area (Å²) in [5.41, 5.74) is 0. The van der Waals surface area contributed by atoms with Crippen LogP contribution in [0.5, 0.6) is 0 Å². The lowest BCUT2D eigenvalue weighted by molar-refractivity contribution is -0.137. The number of aryl methyl sites for hydroxylation is 1. The Morgan fingerprint density at radius 2 is 2.26 bits per heavy atom. The average Bonchev–Trinajstić information content (AvgIpc) is 2.98. The standard InChI is InChI=1S/C12H13F3N2OS/c1-16-9(5-4-8-3-2-6-18-8)10-7-17-11(19-10)12(13,14)15/h2-3,6-7,9,16H,4-5H2,1H3. The van der Waals surface area contributed by atoms with E-state index in [2.05, 4.69) is 10.3 Å². The zero-order valence-electron chi connectivity index (χ0n) is 10.2. The number of furan rings is 1. The van der Waals surface area contributed by atoms with Crippen molar-refractivity contribution >= 4 is 11.3 Å². The third kappa shape index (κ3) is 3.57. The lowest BCUT2D eigenvalue weighted by Crippen LogP contribution is -2.15. The maximum Gasteiger partial charge on any atom is 0.443 e. The van der Waals surface area contributed by atoms with Gasteiger partial charge in [-0.3, -0.25) is 0 Å². The van der Waals surface area contributed by atoms with E-state index in [4.69, 9.17) is 4.42 Å². The summed E-state index contributed by atoms with van der Waals surface area (Å²) in [6.45, 7) is 0. The van der Waals surface area contributed by atoms with Crippen LogP contribution in [0.3, 0.4) is 0 Å². The molecule has 2 heterocycles. The van der Waals surface area contributed by atoms with Crippen LogP contribution in [-0.2, 0) is 12.6 Å². The molecule has 0 aliphatic carbocycles. The van der Waals surface area contributed by atoms with Gasteiger partial charge in [0.1, 0.15) is 5.76 Å².